The summed E-state index contributed by atoms with van der Waals surface area (Å²) in [6, 6.07) is 1.19. The van der Waals surface area contributed by atoms with Crippen LogP contribution in [0.3, 0.4) is 0 Å². The highest BCUT2D eigenvalue weighted by atomic mass is 35.5. The number of fused-ring (bicyclic) bond motifs is 3. The molecule has 1 unspecified atom stereocenters. The summed E-state index contributed by atoms with van der Waals surface area (Å²) in [5.74, 6) is -1.53. The van der Waals surface area contributed by atoms with Crippen molar-refractivity contribution in [2.24, 2.45) is 0 Å². The Morgan fingerprint density at radius 3 is 2.86 bits per heavy atom. The monoisotopic (exact) mass is 507 g/mol. The van der Waals surface area contributed by atoms with Crippen molar-refractivity contribution in [2.45, 2.75) is 58.0 Å². The third kappa shape index (κ3) is 4.13. The quantitative estimate of drug-likeness (QED) is 0.676. The van der Waals surface area contributed by atoms with Gasteiger partial charge in [0.2, 0.25) is 5.88 Å². The summed E-state index contributed by atoms with van der Waals surface area (Å²) in [6.45, 7) is 5.49. The fourth-order valence-corrected chi connectivity index (χ4v) is 4.88. The second-order valence-electron chi connectivity index (χ2n) is 9.21. The Morgan fingerprint density at radius 2 is 2.11 bits per heavy atom. The normalized spacial score (nSPS) is 23.2. The Hall–Kier alpha value is -3.14. The highest BCUT2D eigenvalue weighted by molar-refractivity contribution is 6.35. The van der Waals surface area contributed by atoms with Crippen LogP contribution in [0, 0.1) is 12.7 Å². The number of ether oxygens (including phenoxy) is 3. The molecule has 1 aromatic carbocycles. The summed E-state index contributed by atoms with van der Waals surface area (Å²) < 4.78 is 46.3. The number of hydrogen-bond acceptors (Lipinski definition) is 6. The number of anilines is 1. The molecule has 1 aromatic heterocycles. The van der Waals surface area contributed by atoms with Crippen LogP contribution in [0.25, 0.3) is 0 Å². The van der Waals surface area contributed by atoms with Crippen LogP contribution in [0.2, 0.25) is 5.02 Å². The van der Waals surface area contributed by atoms with Crippen molar-refractivity contribution in [1.82, 2.24) is 9.88 Å². The van der Waals surface area contributed by atoms with E-state index >= 15 is 0 Å². The molecule has 0 saturated carbocycles. The van der Waals surface area contributed by atoms with E-state index in [1.807, 2.05) is 0 Å². The van der Waals surface area contributed by atoms with Gasteiger partial charge < -0.3 is 24.4 Å². The maximum absolute atomic E-state index is 14.9. The van der Waals surface area contributed by atoms with Crippen molar-refractivity contribution in [1.29, 1.82) is 0 Å². The smallest absolute Gasteiger partial charge is 0.262 e. The first-order valence-electron chi connectivity index (χ1n) is 11.4. The predicted molar refractivity (Wildman–Crippen MR) is 123 cm³/mol. The molecule has 3 aliphatic rings. The van der Waals surface area contributed by atoms with Crippen LogP contribution in [0.4, 0.5) is 14.5 Å². The molecule has 186 valence electrons. The van der Waals surface area contributed by atoms with Crippen LogP contribution in [-0.4, -0.2) is 59.3 Å². The van der Waals surface area contributed by atoms with E-state index in [9.17, 15) is 18.4 Å². The first kappa shape index (κ1) is 23.6. The van der Waals surface area contributed by atoms with Crippen molar-refractivity contribution in [3.63, 3.8) is 0 Å². The third-order valence-electron chi connectivity index (χ3n) is 6.28. The van der Waals surface area contributed by atoms with E-state index in [1.54, 1.807) is 25.7 Å². The van der Waals surface area contributed by atoms with Crippen molar-refractivity contribution in [3.8, 4) is 17.4 Å². The van der Waals surface area contributed by atoms with E-state index in [2.05, 4.69) is 10.3 Å². The number of carbonyl (C=O) groups is 2. The molecule has 2 amide bonds. The topological polar surface area (TPSA) is 90.0 Å². The third-order valence-corrected chi connectivity index (χ3v) is 6.63. The Kier molecular flexibility index (Phi) is 5.94. The second-order valence-corrected chi connectivity index (χ2v) is 9.59. The molecule has 35 heavy (non-hydrogen) atoms. The molecule has 4 heterocycles. The van der Waals surface area contributed by atoms with Crippen molar-refractivity contribution >= 4 is 29.1 Å². The molecule has 0 bridgehead atoms. The van der Waals surface area contributed by atoms with Gasteiger partial charge >= 0.3 is 0 Å². The molecular weight excluding hydrogens is 484 g/mol. The first-order chi connectivity index (χ1) is 16.6. The fourth-order valence-electron chi connectivity index (χ4n) is 4.61. The zero-order valence-corrected chi connectivity index (χ0v) is 20.1. The van der Waals surface area contributed by atoms with Gasteiger partial charge in [-0.2, -0.15) is 0 Å². The number of amides is 2. The zero-order chi connectivity index (χ0) is 25.0. The molecule has 3 aliphatic heterocycles. The Morgan fingerprint density at radius 1 is 1.34 bits per heavy atom. The Balaban J connectivity index is 1.40. The van der Waals surface area contributed by atoms with Gasteiger partial charge in [-0.3, -0.25) is 9.59 Å². The van der Waals surface area contributed by atoms with Crippen LogP contribution in [-0.2, 0) is 11.2 Å². The molecule has 1 fully saturated rings. The number of benzene rings is 1. The molecule has 0 aliphatic carbocycles. The number of aryl methyl sites for hydroxylation is 1. The van der Waals surface area contributed by atoms with Gasteiger partial charge in [-0.15, -0.1) is 0 Å². The molecule has 0 radical (unpaired) electrons. The molecule has 11 heteroatoms. The second kappa shape index (κ2) is 8.82. The van der Waals surface area contributed by atoms with E-state index in [1.165, 1.54) is 12.3 Å². The van der Waals surface area contributed by atoms with E-state index in [4.69, 9.17) is 25.8 Å². The lowest BCUT2D eigenvalue weighted by Gasteiger charge is -2.23. The first-order valence-corrected chi connectivity index (χ1v) is 11.7. The fraction of sp³-hybridized carbons (Fsp3) is 0.458. The number of pyridine rings is 1. The zero-order valence-electron chi connectivity index (χ0n) is 19.4. The summed E-state index contributed by atoms with van der Waals surface area (Å²) in [5.41, 5.74) is 1.14. The highest BCUT2D eigenvalue weighted by Gasteiger charge is 2.43. The predicted octanol–water partition coefficient (Wildman–Crippen LogP) is 3.86. The Bertz CT molecular complexity index is 1220. The molecule has 2 aromatic rings. The van der Waals surface area contributed by atoms with Crippen molar-refractivity contribution in [2.75, 3.05) is 18.5 Å². The van der Waals surface area contributed by atoms with E-state index < -0.39 is 29.9 Å². The van der Waals surface area contributed by atoms with Gasteiger partial charge in [0.25, 0.3) is 11.8 Å². The number of hydrogen-bond donors (Lipinski definition) is 1. The highest BCUT2D eigenvalue weighted by Crippen LogP contribution is 2.41. The van der Waals surface area contributed by atoms with Gasteiger partial charge in [0.1, 0.15) is 29.0 Å². The lowest BCUT2D eigenvalue weighted by atomic mass is 10.0. The van der Waals surface area contributed by atoms with Crippen LogP contribution in [0.15, 0.2) is 12.3 Å². The van der Waals surface area contributed by atoms with Crippen LogP contribution >= 0.6 is 11.6 Å². The van der Waals surface area contributed by atoms with Gasteiger partial charge in [-0.05, 0) is 38.0 Å². The summed E-state index contributed by atoms with van der Waals surface area (Å²) in [5, 5.41) is 2.52. The minimum absolute atomic E-state index is 0.0541. The molecule has 5 rings (SSSR count). The summed E-state index contributed by atoms with van der Waals surface area (Å²) >= 11 is 6.41. The van der Waals surface area contributed by atoms with Gasteiger partial charge in [-0.25, -0.2) is 13.8 Å². The average molecular weight is 508 g/mol. The number of nitrogens with zero attached hydrogens (tertiary/aromatic N) is 2. The number of carbonyl (C=O) groups excluding carboxylic acids is 2. The minimum atomic E-state index is -1.66. The van der Waals surface area contributed by atoms with Crippen molar-refractivity contribution < 1.29 is 32.6 Å². The van der Waals surface area contributed by atoms with E-state index in [0.29, 0.717) is 17.5 Å². The number of halogens is 3. The van der Waals surface area contributed by atoms with Crippen molar-refractivity contribution in [3.05, 3.63) is 39.8 Å². The number of aromatic nitrogens is 1. The van der Waals surface area contributed by atoms with E-state index in [0.717, 1.165) is 0 Å². The van der Waals surface area contributed by atoms with Gasteiger partial charge in [0, 0.05) is 19.0 Å². The standard InChI is InChI=1S/C24H24ClF2N3O5/c1-10(2)34-21-17-16(4-11(3)19(21)27)33-9-13-6-14(8-30(13)24(17)32)35-23-18(25)20-12(7-28-23)5-15(26)22(31)29-20/h4,7,10,13-15H,5-6,8-9H2,1-3H3,(H,29,31)/t13-,14+,15?/m1/s1. The SMILES string of the molecule is Cc1cc2c(c(OC(C)C)c1F)C(=O)N1C[C@@H](Oc3ncc4c(c3Cl)NC(=O)C(F)C4)C[C@@H]1CO2. The molecule has 8 nitrogen and oxygen atoms in total. The van der Waals surface area contributed by atoms with Crippen LogP contribution in [0.5, 0.6) is 17.4 Å². The van der Waals surface area contributed by atoms with Gasteiger partial charge in [0.05, 0.1) is 24.4 Å². The number of rotatable bonds is 4. The molecule has 3 atom stereocenters. The lowest BCUT2D eigenvalue weighted by molar-refractivity contribution is -0.121. The maximum Gasteiger partial charge on any atom is 0.262 e. The summed E-state index contributed by atoms with van der Waals surface area (Å²) in [6.07, 6.45) is -0.752. The molecule has 1 saturated heterocycles. The summed E-state index contributed by atoms with van der Waals surface area (Å²) in [7, 11) is 0. The van der Waals surface area contributed by atoms with Crippen LogP contribution in [0.1, 0.15) is 41.8 Å². The lowest BCUT2D eigenvalue weighted by Crippen LogP contribution is -2.37. The van der Waals surface area contributed by atoms with Gasteiger partial charge in [-0.1, -0.05) is 11.6 Å². The number of nitrogens with one attached hydrogen (secondary N) is 1. The number of alkyl halides is 1. The van der Waals surface area contributed by atoms with Crippen LogP contribution < -0.4 is 19.5 Å². The minimum Gasteiger partial charge on any atom is -0.490 e. The van der Waals surface area contributed by atoms with Gasteiger partial charge in [0.15, 0.2) is 17.7 Å². The average Bonchev–Trinajstić information content (AvgIpc) is 3.16. The molecular formula is C24H24ClF2N3O5. The van der Waals surface area contributed by atoms with E-state index in [-0.39, 0.29) is 65.4 Å². The summed E-state index contributed by atoms with van der Waals surface area (Å²) in [4.78, 5) is 31.1. The molecule has 0 spiro atoms. The largest absolute Gasteiger partial charge is 0.490 e. The molecule has 1 N–H and O–H groups in total. The maximum atomic E-state index is 14.9. The Labute approximate surface area is 205 Å².